The van der Waals surface area contributed by atoms with Crippen molar-refractivity contribution in [1.82, 2.24) is 9.91 Å². The number of thioether (sulfide) groups is 1. The van der Waals surface area contributed by atoms with E-state index in [0.717, 1.165) is 5.69 Å². The molecule has 0 saturated carbocycles. The third-order valence-corrected chi connectivity index (χ3v) is 6.00. The molecule has 3 unspecified atom stereocenters. The minimum atomic E-state index is -0.539. The lowest BCUT2D eigenvalue weighted by Gasteiger charge is -2.30. The Kier molecular flexibility index (Phi) is 4.05. The van der Waals surface area contributed by atoms with Gasteiger partial charge in [-0.05, 0) is 31.2 Å². The summed E-state index contributed by atoms with van der Waals surface area (Å²) in [5, 5.41) is 3.30. The van der Waals surface area contributed by atoms with E-state index in [1.54, 1.807) is 22.2 Å². The zero-order chi connectivity index (χ0) is 17.6. The van der Waals surface area contributed by atoms with E-state index in [1.165, 1.54) is 11.8 Å². The molecule has 3 heterocycles. The third-order valence-electron chi connectivity index (χ3n) is 4.82. The first-order valence-electron chi connectivity index (χ1n) is 8.17. The second-order valence-electron chi connectivity index (χ2n) is 6.22. The van der Waals surface area contributed by atoms with Gasteiger partial charge in [0.15, 0.2) is 0 Å². The lowest BCUT2D eigenvalue weighted by molar-refractivity contribution is -0.136. The topological polar surface area (TPSA) is 57.0 Å². The number of amides is 2. The molecule has 1 aromatic heterocycles. The van der Waals surface area contributed by atoms with E-state index in [-0.39, 0.29) is 23.2 Å². The van der Waals surface area contributed by atoms with Crippen molar-refractivity contribution in [2.24, 2.45) is 0 Å². The fourth-order valence-electron chi connectivity index (χ4n) is 3.49. The van der Waals surface area contributed by atoms with Crippen LogP contribution in [-0.2, 0) is 9.59 Å². The second kappa shape index (κ2) is 6.24. The van der Waals surface area contributed by atoms with Crippen molar-refractivity contribution < 1.29 is 14.0 Å². The number of rotatable bonds is 3. The number of anilines is 1. The minimum absolute atomic E-state index is 0.0279. The van der Waals surface area contributed by atoms with E-state index in [1.807, 2.05) is 55.4 Å². The molecule has 2 fully saturated rings. The monoisotopic (exact) mass is 357 g/mol. The summed E-state index contributed by atoms with van der Waals surface area (Å²) in [6, 6.07) is 12.5. The lowest BCUT2D eigenvalue weighted by atomic mass is 10.1. The maximum Gasteiger partial charge on any atom is 0.266 e. The molecule has 0 bridgehead atoms. The van der Waals surface area contributed by atoms with E-state index in [2.05, 4.69) is 0 Å². The van der Waals surface area contributed by atoms with Crippen LogP contribution in [0.15, 0.2) is 53.1 Å². The van der Waals surface area contributed by atoms with Gasteiger partial charge in [-0.15, -0.1) is 11.8 Å². The van der Waals surface area contributed by atoms with E-state index >= 15 is 0 Å². The van der Waals surface area contributed by atoms with Gasteiger partial charge in [0.2, 0.25) is 5.91 Å². The summed E-state index contributed by atoms with van der Waals surface area (Å²) in [5.74, 6) is 0.946. The number of hydrogen-bond donors (Lipinski definition) is 0. The fourth-order valence-corrected chi connectivity index (χ4v) is 4.65. The summed E-state index contributed by atoms with van der Waals surface area (Å²) in [5.41, 5.74) is 0.804. The molecule has 4 rings (SSSR count). The molecular weight excluding hydrogens is 338 g/mol. The maximum absolute atomic E-state index is 13.2. The Bertz CT molecular complexity index is 780. The number of benzene rings is 1. The largest absolute Gasteiger partial charge is 0.466 e. The first-order valence-corrected chi connectivity index (χ1v) is 9.22. The summed E-state index contributed by atoms with van der Waals surface area (Å²) in [6.45, 7) is 1.97. The van der Waals surface area contributed by atoms with Crippen molar-refractivity contribution in [1.29, 1.82) is 0 Å². The van der Waals surface area contributed by atoms with Crippen LogP contribution in [0.4, 0.5) is 5.69 Å². The van der Waals surface area contributed by atoms with Gasteiger partial charge in [-0.3, -0.25) is 9.59 Å². The highest BCUT2D eigenvalue weighted by molar-refractivity contribution is 8.00. The zero-order valence-corrected chi connectivity index (χ0v) is 14.8. The van der Waals surface area contributed by atoms with Crippen molar-refractivity contribution in [2.75, 3.05) is 17.8 Å². The molecule has 0 radical (unpaired) electrons. The van der Waals surface area contributed by atoms with Crippen molar-refractivity contribution in [3.8, 4) is 0 Å². The Hall–Kier alpha value is -2.25. The number of carbonyl (C=O) groups is 2. The van der Waals surface area contributed by atoms with Crippen LogP contribution in [-0.4, -0.2) is 46.6 Å². The van der Waals surface area contributed by atoms with Gasteiger partial charge in [0.25, 0.3) is 5.91 Å². The van der Waals surface area contributed by atoms with Crippen LogP contribution in [0, 0.1) is 0 Å². The summed E-state index contributed by atoms with van der Waals surface area (Å²) < 4.78 is 5.51. The Morgan fingerprint density at radius 1 is 1.12 bits per heavy atom. The molecule has 1 aromatic carbocycles. The first-order chi connectivity index (χ1) is 12.1. The fraction of sp³-hybridized carbons (Fsp3) is 0.333. The molecule has 0 spiro atoms. The number of nitrogens with zero attached hydrogens (tertiary/aromatic N) is 3. The molecule has 3 atom stereocenters. The van der Waals surface area contributed by atoms with E-state index in [0.29, 0.717) is 11.5 Å². The maximum atomic E-state index is 13.2. The van der Waals surface area contributed by atoms with Gasteiger partial charge in [-0.1, -0.05) is 18.2 Å². The Morgan fingerprint density at radius 3 is 2.56 bits per heavy atom. The van der Waals surface area contributed by atoms with Crippen LogP contribution in [0.2, 0.25) is 0 Å². The van der Waals surface area contributed by atoms with Gasteiger partial charge < -0.3 is 9.32 Å². The molecule has 2 aliphatic rings. The number of para-hydroxylation sites is 1. The standard InChI is InChI=1S/C18H19N3O3S/c1-12-16(17(23)21(19(12)2)13-7-4-3-5-8-13)20-15(22)11-25-18(20)14-9-6-10-24-14/h3-10,12,16,18H,11H2,1-2H3. The van der Waals surface area contributed by atoms with Gasteiger partial charge in [-0.25, -0.2) is 10.0 Å². The van der Waals surface area contributed by atoms with Crippen LogP contribution in [0.5, 0.6) is 0 Å². The summed E-state index contributed by atoms with van der Waals surface area (Å²) in [6.07, 6.45) is 1.60. The normalized spacial score (nSPS) is 27.5. The highest BCUT2D eigenvalue weighted by Gasteiger charge is 2.52. The van der Waals surface area contributed by atoms with Crippen molar-refractivity contribution >= 4 is 29.3 Å². The van der Waals surface area contributed by atoms with Gasteiger partial charge in [0.05, 0.1) is 23.7 Å². The molecule has 130 valence electrons. The summed E-state index contributed by atoms with van der Waals surface area (Å²) in [4.78, 5) is 27.5. The number of carbonyl (C=O) groups excluding carboxylic acids is 2. The van der Waals surface area contributed by atoms with Gasteiger partial charge in [0, 0.05) is 7.05 Å². The lowest BCUT2D eigenvalue weighted by Crippen LogP contribution is -2.47. The highest BCUT2D eigenvalue weighted by atomic mass is 32.2. The quantitative estimate of drug-likeness (QED) is 0.845. The van der Waals surface area contributed by atoms with Crippen LogP contribution < -0.4 is 5.01 Å². The predicted octanol–water partition coefficient (Wildman–Crippen LogP) is 2.50. The van der Waals surface area contributed by atoms with Crippen LogP contribution in [0.25, 0.3) is 0 Å². The number of hydrogen-bond acceptors (Lipinski definition) is 5. The van der Waals surface area contributed by atoms with E-state index in [4.69, 9.17) is 4.42 Å². The van der Waals surface area contributed by atoms with Gasteiger partial charge >= 0.3 is 0 Å². The molecule has 7 heteroatoms. The van der Waals surface area contributed by atoms with E-state index < -0.39 is 6.04 Å². The Morgan fingerprint density at radius 2 is 1.88 bits per heavy atom. The van der Waals surface area contributed by atoms with Crippen molar-refractivity contribution in [2.45, 2.75) is 24.4 Å². The highest BCUT2D eigenvalue weighted by Crippen LogP contribution is 2.43. The van der Waals surface area contributed by atoms with Gasteiger partial charge in [-0.2, -0.15) is 0 Å². The molecule has 2 amide bonds. The zero-order valence-electron chi connectivity index (χ0n) is 14.0. The average molecular weight is 357 g/mol. The Balaban J connectivity index is 1.69. The molecule has 6 nitrogen and oxygen atoms in total. The Labute approximate surface area is 150 Å². The first kappa shape index (κ1) is 16.2. The van der Waals surface area contributed by atoms with E-state index in [9.17, 15) is 9.59 Å². The van der Waals surface area contributed by atoms with Crippen molar-refractivity contribution in [3.05, 3.63) is 54.5 Å². The predicted molar refractivity (Wildman–Crippen MR) is 95.7 cm³/mol. The van der Waals surface area contributed by atoms with Crippen molar-refractivity contribution in [3.63, 3.8) is 0 Å². The number of likely N-dealkylation sites (N-methyl/N-ethyl adjacent to an activating group) is 1. The molecular formula is C18H19N3O3S. The third kappa shape index (κ3) is 2.54. The SMILES string of the molecule is CC1C(N2C(=O)CSC2c2ccco2)C(=O)N(c2ccccc2)N1C. The number of furan rings is 1. The molecule has 2 saturated heterocycles. The average Bonchev–Trinajstić information content (AvgIpc) is 3.30. The summed E-state index contributed by atoms with van der Waals surface area (Å²) in [7, 11) is 1.88. The smallest absolute Gasteiger partial charge is 0.266 e. The molecule has 0 N–H and O–H groups in total. The molecule has 2 aromatic rings. The van der Waals surface area contributed by atoms with Crippen LogP contribution in [0.1, 0.15) is 18.1 Å². The molecule has 2 aliphatic heterocycles. The molecule has 25 heavy (non-hydrogen) atoms. The minimum Gasteiger partial charge on any atom is -0.466 e. The molecule has 0 aliphatic carbocycles. The van der Waals surface area contributed by atoms with Crippen LogP contribution in [0.3, 0.4) is 0 Å². The summed E-state index contributed by atoms with van der Waals surface area (Å²) >= 11 is 1.50. The second-order valence-corrected chi connectivity index (χ2v) is 7.29. The van der Waals surface area contributed by atoms with Gasteiger partial charge in [0.1, 0.15) is 17.2 Å². The number of hydrazine groups is 1. The van der Waals surface area contributed by atoms with Crippen LogP contribution >= 0.6 is 11.8 Å².